The van der Waals surface area contributed by atoms with Gasteiger partial charge in [-0.2, -0.15) is 8.78 Å². The van der Waals surface area contributed by atoms with E-state index in [-0.39, 0.29) is 5.75 Å². The summed E-state index contributed by atoms with van der Waals surface area (Å²) in [6, 6.07) is 6.82. The Morgan fingerprint density at radius 1 is 1.20 bits per heavy atom. The van der Waals surface area contributed by atoms with E-state index in [9.17, 15) is 8.78 Å². The molecule has 1 saturated carbocycles. The number of allylic oxidation sites excluding steroid dienone is 1. The van der Waals surface area contributed by atoms with Gasteiger partial charge in [-0.3, -0.25) is 0 Å². The summed E-state index contributed by atoms with van der Waals surface area (Å²) in [5, 5.41) is 0.868. The summed E-state index contributed by atoms with van der Waals surface area (Å²) in [7, 11) is 0. The Bertz CT molecular complexity index is 436. The highest BCUT2D eigenvalue weighted by atomic mass is 79.9. The summed E-state index contributed by atoms with van der Waals surface area (Å²) < 4.78 is 28.5. The fraction of sp³-hybridized carbons (Fsp3) is 0.500. The van der Waals surface area contributed by atoms with Crippen LogP contribution in [0.5, 0.6) is 5.75 Å². The molecule has 1 fully saturated rings. The van der Waals surface area contributed by atoms with Crippen molar-refractivity contribution < 1.29 is 13.5 Å². The van der Waals surface area contributed by atoms with E-state index in [1.54, 1.807) is 12.1 Å². The second-order valence-corrected chi connectivity index (χ2v) is 5.70. The van der Waals surface area contributed by atoms with Gasteiger partial charge >= 0.3 is 6.61 Å². The summed E-state index contributed by atoms with van der Waals surface area (Å²) in [4.78, 5) is 0. The largest absolute Gasteiger partial charge is 0.435 e. The third-order valence-electron chi connectivity index (χ3n) is 3.74. The Labute approximate surface area is 127 Å². The van der Waals surface area contributed by atoms with Crippen molar-refractivity contribution in [1.29, 1.82) is 0 Å². The van der Waals surface area contributed by atoms with Crippen LogP contribution in [0, 0.1) is 5.92 Å². The molecule has 20 heavy (non-hydrogen) atoms. The molecule has 0 unspecified atom stereocenters. The first kappa shape index (κ1) is 15.5. The molecule has 110 valence electrons. The lowest BCUT2D eigenvalue weighted by atomic mass is 9.84. The quantitative estimate of drug-likeness (QED) is 0.627. The number of hydrogen-bond donors (Lipinski definition) is 0. The van der Waals surface area contributed by atoms with Crippen molar-refractivity contribution in [1.82, 2.24) is 0 Å². The normalized spacial score (nSPS) is 17.5. The van der Waals surface area contributed by atoms with E-state index in [2.05, 4.69) is 26.7 Å². The SMILES string of the molecule is FC(F)Oc1ccc(/C=C(/CBr)C2CCCCC2)cc1. The van der Waals surface area contributed by atoms with E-state index in [4.69, 9.17) is 0 Å². The number of halogens is 3. The average Bonchev–Trinajstić information content (AvgIpc) is 2.47. The molecule has 0 aliphatic heterocycles. The number of benzene rings is 1. The smallest absolute Gasteiger partial charge is 0.387 e. The van der Waals surface area contributed by atoms with Crippen molar-refractivity contribution in [2.45, 2.75) is 38.7 Å². The zero-order valence-corrected chi connectivity index (χ0v) is 12.9. The topological polar surface area (TPSA) is 9.23 Å². The van der Waals surface area contributed by atoms with Crippen LogP contribution < -0.4 is 4.74 Å². The lowest BCUT2D eigenvalue weighted by molar-refractivity contribution is -0.0498. The van der Waals surface area contributed by atoms with Gasteiger partial charge in [0.15, 0.2) is 0 Å². The molecule has 0 atom stereocenters. The van der Waals surface area contributed by atoms with Gasteiger partial charge in [-0.25, -0.2) is 0 Å². The van der Waals surface area contributed by atoms with Gasteiger partial charge in [-0.05, 0) is 36.5 Å². The Morgan fingerprint density at radius 2 is 1.85 bits per heavy atom. The van der Waals surface area contributed by atoms with E-state index in [1.807, 2.05) is 12.1 Å². The van der Waals surface area contributed by atoms with Crippen LogP contribution in [-0.2, 0) is 0 Å². The summed E-state index contributed by atoms with van der Waals surface area (Å²) in [5.74, 6) is 0.857. The zero-order valence-electron chi connectivity index (χ0n) is 11.3. The molecule has 0 N–H and O–H groups in total. The van der Waals surface area contributed by atoms with E-state index >= 15 is 0 Å². The monoisotopic (exact) mass is 344 g/mol. The fourth-order valence-electron chi connectivity index (χ4n) is 2.70. The van der Waals surface area contributed by atoms with E-state index in [1.165, 1.54) is 37.7 Å². The van der Waals surface area contributed by atoms with Crippen molar-refractivity contribution in [3.63, 3.8) is 0 Å². The molecular formula is C16H19BrF2O. The molecule has 0 amide bonds. The van der Waals surface area contributed by atoms with Crippen LogP contribution in [0.15, 0.2) is 29.8 Å². The molecule has 2 rings (SSSR count). The van der Waals surface area contributed by atoms with Gasteiger partial charge in [0.25, 0.3) is 0 Å². The first-order valence-corrected chi connectivity index (χ1v) is 8.12. The molecule has 0 heterocycles. The summed E-state index contributed by atoms with van der Waals surface area (Å²) in [6.07, 6.45) is 8.61. The van der Waals surface area contributed by atoms with Crippen LogP contribution in [0.25, 0.3) is 6.08 Å². The van der Waals surface area contributed by atoms with Crippen molar-refractivity contribution in [2.75, 3.05) is 5.33 Å². The molecule has 0 bridgehead atoms. The number of hydrogen-bond acceptors (Lipinski definition) is 1. The van der Waals surface area contributed by atoms with Crippen molar-refractivity contribution in [3.05, 3.63) is 35.4 Å². The molecule has 4 heteroatoms. The standard InChI is InChI=1S/C16H19BrF2O/c17-11-14(13-4-2-1-3-5-13)10-12-6-8-15(9-7-12)20-16(18)19/h6-10,13,16H,1-5,11H2/b14-10-. The summed E-state index contributed by atoms with van der Waals surface area (Å²) in [5.41, 5.74) is 2.43. The maximum Gasteiger partial charge on any atom is 0.387 e. The molecule has 1 aromatic rings. The third-order valence-corrected chi connectivity index (χ3v) is 4.39. The Hall–Kier alpha value is -0.900. The summed E-state index contributed by atoms with van der Waals surface area (Å²) in [6.45, 7) is -2.77. The second kappa shape index (κ2) is 7.77. The van der Waals surface area contributed by atoms with Gasteiger partial charge in [0.2, 0.25) is 0 Å². The number of alkyl halides is 3. The molecule has 1 aliphatic rings. The minimum atomic E-state index is -2.77. The highest BCUT2D eigenvalue weighted by Crippen LogP contribution is 2.32. The van der Waals surface area contributed by atoms with Crippen molar-refractivity contribution in [3.8, 4) is 5.75 Å². The Morgan fingerprint density at radius 3 is 2.40 bits per heavy atom. The molecule has 0 saturated heterocycles. The molecule has 1 aromatic carbocycles. The van der Waals surface area contributed by atoms with Crippen LogP contribution in [0.4, 0.5) is 8.78 Å². The van der Waals surface area contributed by atoms with Crippen LogP contribution in [0.3, 0.4) is 0 Å². The van der Waals surface area contributed by atoms with Gasteiger partial charge < -0.3 is 4.74 Å². The fourth-order valence-corrected chi connectivity index (χ4v) is 3.32. The third kappa shape index (κ3) is 4.58. The minimum absolute atomic E-state index is 0.204. The highest BCUT2D eigenvalue weighted by Gasteiger charge is 2.16. The van der Waals surface area contributed by atoms with Crippen LogP contribution in [0.2, 0.25) is 0 Å². The lowest BCUT2D eigenvalue weighted by Crippen LogP contribution is -2.10. The number of rotatable bonds is 5. The molecule has 1 aliphatic carbocycles. The Balaban J connectivity index is 2.06. The maximum atomic E-state index is 12.1. The molecule has 0 radical (unpaired) electrons. The second-order valence-electron chi connectivity index (χ2n) is 5.14. The van der Waals surface area contributed by atoms with Gasteiger partial charge in [0, 0.05) is 5.33 Å². The van der Waals surface area contributed by atoms with E-state index < -0.39 is 6.61 Å². The predicted molar refractivity (Wildman–Crippen MR) is 81.4 cm³/mol. The van der Waals surface area contributed by atoms with Gasteiger partial charge in [0.1, 0.15) is 5.75 Å². The van der Waals surface area contributed by atoms with Gasteiger partial charge in [-0.15, -0.1) is 0 Å². The van der Waals surface area contributed by atoms with Crippen molar-refractivity contribution in [2.24, 2.45) is 5.92 Å². The van der Waals surface area contributed by atoms with Gasteiger partial charge in [0.05, 0.1) is 0 Å². The van der Waals surface area contributed by atoms with Crippen LogP contribution >= 0.6 is 15.9 Å². The predicted octanol–water partition coefficient (Wildman–Crippen LogP) is 5.65. The zero-order chi connectivity index (χ0) is 14.4. The Kier molecular flexibility index (Phi) is 6.02. The van der Waals surface area contributed by atoms with Gasteiger partial charge in [-0.1, -0.05) is 59.0 Å². The number of ether oxygens (including phenoxy) is 1. The van der Waals surface area contributed by atoms with Crippen LogP contribution in [-0.4, -0.2) is 11.9 Å². The average molecular weight is 345 g/mol. The maximum absolute atomic E-state index is 12.1. The molecule has 0 spiro atoms. The van der Waals surface area contributed by atoms with Crippen molar-refractivity contribution >= 4 is 22.0 Å². The van der Waals surface area contributed by atoms with E-state index in [0.29, 0.717) is 5.92 Å². The molecule has 1 nitrogen and oxygen atoms in total. The van der Waals surface area contributed by atoms with Crippen LogP contribution in [0.1, 0.15) is 37.7 Å². The lowest BCUT2D eigenvalue weighted by Gasteiger charge is -2.23. The first-order valence-electron chi connectivity index (χ1n) is 7.00. The highest BCUT2D eigenvalue weighted by molar-refractivity contribution is 9.09. The minimum Gasteiger partial charge on any atom is -0.435 e. The van der Waals surface area contributed by atoms with E-state index in [0.717, 1.165) is 10.9 Å². The molecular weight excluding hydrogens is 326 g/mol. The molecule has 0 aromatic heterocycles. The summed E-state index contributed by atoms with van der Waals surface area (Å²) >= 11 is 3.56. The first-order chi connectivity index (χ1) is 9.69.